The zero-order valence-electron chi connectivity index (χ0n) is 17.1. The van der Waals surface area contributed by atoms with Crippen molar-refractivity contribution in [2.24, 2.45) is 0 Å². The molecule has 1 saturated heterocycles. The summed E-state index contributed by atoms with van der Waals surface area (Å²) in [6.07, 6.45) is 14.7. The third kappa shape index (κ3) is 12.7. The molecule has 8 nitrogen and oxygen atoms in total. The van der Waals surface area contributed by atoms with Crippen LogP contribution in [0.4, 0.5) is 0 Å². The van der Waals surface area contributed by atoms with Crippen LogP contribution in [0.25, 0.3) is 10.9 Å². The molecule has 0 saturated carbocycles. The van der Waals surface area contributed by atoms with Gasteiger partial charge in [0.25, 0.3) is 0 Å². The van der Waals surface area contributed by atoms with E-state index in [1.165, 1.54) is 23.6 Å². The second kappa shape index (κ2) is 17.5. The number of aromatic nitrogens is 5. The van der Waals surface area contributed by atoms with Gasteiger partial charge < -0.3 is 19.5 Å². The van der Waals surface area contributed by atoms with Gasteiger partial charge in [0, 0.05) is 61.2 Å². The summed E-state index contributed by atoms with van der Waals surface area (Å²) in [6.45, 7) is 3.83. The topological polar surface area (TPSA) is 102 Å². The number of aromatic amines is 1. The minimum Gasteiger partial charge on any atom is -0.452 e. The molecular formula is C22H26N6O2S. The van der Waals surface area contributed by atoms with Crippen LogP contribution < -0.4 is 5.32 Å². The second-order valence-electron chi connectivity index (χ2n) is 5.67. The molecule has 5 aromatic rings. The van der Waals surface area contributed by atoms with E-state index in [2.05, 4.69) is 52.9 Å². The number of para-hydroxylation sites is 1. The van der Waals surface area contributed by atoms with Gasteiger partial charge in [-0.15, -0.1) is 11.3 Å². The molecule has 5 heterocycles. The first kappa shape index (κ1) is 23.9. The SMILES string of the molecule is C1COCCN1.c1ccc2[nH]ccc2c1.c1cnccn1.c1cocn1.c1cscn1. The second-order valence-corrected chi connectivity index (χ2v) is 6.43. The van der Waals surface area contributed by atoms with E-state index < -0.39 is 0 Å². The minimum absolute atomic E-state index is 0.889. The van der Waals surface area contributed by atoms with Crippen molar-refractivity contribution in [1.82, 2.24) is 30.2 Å². The predicted octanol–water partition coefficient (Wildman–Crippen LogP) is 4.07. The number of oxazole rings is 1. The summed E-state index contributed by atoms with van der Waals surface area (Å²) in [5, 5.41) is 6.37. The fourth-order valence-corrected chi connectivity index (χ4v) is 2.47. The van der Waals surface area contributed by atoms with Crippen molar-refractivity contribution >= 4 is 22.2 Å². The van der Waals surface area contributed by atoms with Crippen LogP contribution in [0.1, 0.15) is 0 Å². The van der Waals surface area contributed by atoms with Gasteiger partial charge in [-0.3, -0.25) is 15.0 Å². The first-order valence-electron chi connectivity index (χ1n) is 9.61. The number of hydrogen-bond donors (Lipinski definition) is 2. The molecule has 31 heavy (non-hydrogen) atoms. The Balaban J connectivity index is 0.000000141. The monoisotopic (exact) mass is 438 g/mol. The molecule has 0 aliphatic carbocycles. The Morgan fingerprint density at radius 3 is 1.97 bits per heavy atom. The molecule has 1 aliphatic heterocycles. The van der Waals surface area contributed by atoms with Gasteiger partial charge in [0.2, 0.25) is 0 Å². The van der Waals surface area contributed by atoms with Gasteiger partial charge in [-0.05, 0) is 17.5 Å². The van der Waals surface area contributed by atoms with Crippen LogP contribution in [0.5, 0.6) is 0 Å². The summed E-state index contributed by atoms with van der Waals surface area (Å²) in [7, 11) is 0. The number of thiazole rings is 1. The highest BCUT2D eigenvalue weighted by Crippen LogP contribution is 2.09. The zero-order valence-corrected chi connectivity index (χ0v) is 17.9. The van der Waals surface area contributed by atoms with E-state index >= 15 is 0 Å². The van der Waals surface area contributed by atoms with Crippen LogP contribution in [0, 0.1) is 0 Å². The molecule has 1 fully saturated rings. The number of benzene rings is 1. The Hall–Kier alpha value is -3.40. The lowest BCUT2D eigenvalue weighted by Crippen LogP contribution is -2.30. The normalized spacial score (nSPS) is 11.7. The summed E-state index contributed by atoms with van der Waals surface area (Å²) >= 11 is 1.60. The summed E-state index contributed by atoms with van der Waals surface area (Å²) in [5.41, 5.74) is 3.00. The van der Waals surface area contributed by atoms with Crippen molar-refractivity contribution in [3.8, 4) is 0 Å². The van der Waals surface area contributed by atoms with E-state index in [1.807, 2.05) is 23.7 Å². The number of fused-ring (bicyclic) bond motifs is 1. The third-order valence-electron chi connectivity index (χ3n) is 3.48. The number of morpholine rings is 1. The summed E-state index contributed by atoms with van der Waals surface area (Å²) in [4.78, 5) is 17.9. The fourth-order valence-electron chi connectivity index (χ4n) is 2.12. The highest BCUT2D eigenvalue weighted by Gasteiger charge is 1.93. The van der Waals surface area contributed by atoms with Crippen LogP contribution in [-0.2, 0) is 4.74 Å². The smallest absolute Gasteiger partial charge is 0.180 e. The lowest BCUT2D eigenvalue weighted by atomic mass is 10.3. The van der Waals surface area contributed by atoms with Crippen molar-refractivity contribution in [2.75, 3.05) is 26.3 Å². The number of hydrogen-bond acceptors (Lipinski definition) is 8. The Labute approximate surface area is 185 Å². The van der Waals surface area contributed by atoms with Crippen LogP contribution in [-0.4, -0.2) is 51.2 Å². The molecule has 0 bridgehead atoms. The molecule has 0 amide bonds. The van der Waals surface area contributed by atoms with Gasteiger partial charge in [0.1, 0.15) is 6.26 Å². The van der Waals surface area contributed by atoms with Gasteiger partial charge in [0.15, 0.2) is 6.39 Å². The van der Waals surface area contributed by atoms with Crippen molar-refractivity contribution in [3.05, 3.63) is 97.3 Å². The van der Waals surface area contributed by atoms with Crippen LogP contribution in [0.2, 0.25) is 0 Å². The van der Waals surface area contributed by atoms with E-state index in [0.29, 0.717) is 0 Å². The van der Waals surface area contributed by atoms with Gasteiger partial charge in [-0.2, -0.15) is 0 Å². The molecule has 162 valence electrons. The Kier molecular flexibility index (Phi) is 13.4. The molecule has 0 spiro atoms. The van der Waals surface area contributed by atoms with Crippen molar-refractivity contribution < 1.29 is 9.15 Å². The lowest BCUT2D eigenvalue weighted by Gasteiger charge is -2.10. The van der Waals surface area contributed by atoms with Gasteiger partial charge in [-0.1, -0.05) is 18.2 Å². The Bertz CT molecular complexity index is 829. The average Bonchev–Trinajstić information content (AvgIpc) is 3.67. The van der Waals surface area contributed by atoms with E-state index in [0.717, 1.165) is 26.3 Å². The Morgan fingerprint density at radius 1 is 0.806 bits per heavy atom. The van der Waals surface area contributed by atoms with E-state index in [1.54, 1.807) is 54.0 Å². The van der Waals surface area contributed by atoms with Crippen molar-refractivity contribution in [3.63, 3.8) is 0 Å². The zero-order chi connectivity index (χ0) is 21.7. The maximum Gasteiger partial charge on any atom is 0.180 e. The number of rotatable bonds is 0. The first-order valence-corrected chi connectivity index (χ1v) is 10.6. The highest BCUT2D eigenvalue weighted by molar-refractivity contribution is 7.07. The predicted molar refractivity (Wildman–Crippen MR) is 123 cm³/mol. The molecular weight excluding hydrogens is 412 g/mol. The number of nitrogens with one attached hydrogen (secondary N) is 2. The fraction of sp³-hybridized carbons (Fsp3) is 0.182. The summed E-state index contributed by atoms with van der Waals surface area (Å²) < 4.78 is 9.48. The van der Waals surface area contributed by atoms with E-state index in [-0.39, 0.29) is 0 Å². The highest BCUT2D eigenvalue weighted by atomic mass is 32.1. The van der Waals surface area contributed by atoms with Crippen molar-refractivity contribution in [1.29, 1.82) is 0 Å². The first-order chi connectivity index (χ1) is 15.5. The number of H-pyrrole nitrogens is 1. The molecule has 2 N–H and O–H groups in total. The molecule has 1 aromatic carbocycles. The van der Waals surface area contributed by atoms with Gasteiger partial charge in [0.05, 0.1) is 24.9 Å². The maximum atomic E-state index is 5.01. The third-order valence-corrected chi connectivity index (χ3v) is 4.00. The standard InChI is InChI=1S/C8H7N.C4H4N2.C4H9NO.C3H3NO.C3H3NS/c1-2-4-8-7(3-1)5-6-9-8;1-2-6-4-3-5-1;1-3-6-4-2-5-1;2*1-2-5-3-4-1/h1-6,9H;1-4H;5H,1-4H2;2*1-3H. The summed E-state index contributed by atoms with van der Waals surface area (Å²) in [5.74, 6) is 0. The van der Waals surface area contributed by atoms with Crippen LogP contribution >= 0.6 is 11.3 Å². The maximum absolute atomic E-state index is 5.01. The molecule has 4 aromatic heterocycles. The van der Waals surface area contributed by atoms with E-state index in [4.69, 9.17) is 4.74 Å². The van der Waals surface area contributed by atoms with Gasteiger partial charge >= 0.3 is 0 Å². The van der Waals surface area contributed by atoms with Crippen LogP contribution in [0.3, 0.4) is 0 Å². The van der Waals surface area contributed by atoms with Gasteiger partial charge in [-0.25, -0.2) is 4.98 Å². The molecule has 0 atom stereocenters. The lowest BCUT2D eigenvalue weighted by molar-refractivity contribution is 0.109. The molecule has 0 radical (unpaired) electrons. The largest absolute Gasteiger partial charge is 0.452 e. The molecule has 1 aliphatic rings. The molecule has 9 heteroatoms. The quantitative estimate of drug-likeness (QED) is 0.376. The van der Waals surface area contributed by atoms with Crippen LogP contribution in [0.15, 0.2) is 102 Å². The number of nitrogens with zero attached hydrogens (tertiary/aromatic N) is 4. The Morgan fingerprint density at radius 2 is 1.58 bits per heavy atom. The molecule has 0 unspecified atom stereocenters. The van der Waals surface area contributed by atoms with Crippen molar-refractivity contribution in [2.45, 2.75) is 0 Å². The summed E-state index contributed by atoms with van der Waals surface area (Å²) in [6, 6.07) is 10.3. The minimum atomic E-state index is 0.889. The average molecular weight is 439 g/mol. The molecule has 6 rings (SSSR count). The number of ether oxygens (including phenoxy) is 1. The van der Waals surface area contributed by atoms with E-state index in [9.17, 15) is 0 Å².